The van der Waals surface area contributed by atoms with Gasteiger partial charge in [0.2, 0.25) is 0 Å². The maximum atomic E-state index is 12.9. The van der Waals surface area contributed by atoms with Gasteiger partial charge in [0.1, 0.15) is 5.75 Å². The van der Waals surface area contributed by atoms with Gasteiger partial charge < -0.3 is 19.3 Å². The molecule has 1 aliphatic heterocycles. The quantitative estimate of drug-likeness (QED) is 0.752. The molecule has 2 aromatic rings. The Hall–Kier alpha value is -2.09. The molecule has 1 aliphatic rings. The number of carbonyl (C=O) groups excluding carboxylic acids is 1. The molecule has 8 heteroatoms. The second-order valence-electron chi connectivity index (χ2n) is 6.89. The van der Waals surface area contributed by atoms with Gasteiger partial charge in [0.05, 0.1) is 24.9 Å². The topological polar surface area (TPSA) is 59.8 Å². The number of ether oxygens (including phenoxy) is 2. The van der Waals surface area contributed by atoms with Gasteiger partial charge in [-0.05, 0) is 38.4 Å². The number of aromatic nitrogens is 2. The number of amides is 1. The smallest absolute Gasteiger partial charge is 0.261 e. The first-order valence-corrected chi connectivity index (χ1v) is 9.24. The lowest BCUT2D eigenvalue weighted by Crippen LogP contribution is -2.52. The third-order valence-electron chi connectivity index (χ3n) is 4.46. The Kier molecular flexibility index (Phi) is 6.36. The summed E-state index contributed by atoms with van der Waals surface area (Å²) in [5, 5.41) is 4.90. The number of carbonyl (C=O) groups is 1. The lowest BCUT2D eigenvalue weighted by molar-refractivity contribution is -0.150. The molecule has 1 aromatic heterocycles. The summed E-state index contributed by atoms with van der Waals surface area (Å²) in [6.45, 7) is 1.70. The molecule has 0 radical (unpaired) electrons. The van der Waals surface area contributed by atoms with Crippen molar-refractivity contribution in [1.29, 1.82) is 0 Å². The second kappa shape index (κ2) is 8.73. The molecule has 0 unspecified atom stereocenters. The van der Waals surface area contributed by atoms with Crippen molar-refractivity contribution in [2.75, 3.05) is 40.4 Å². The number of morpholine rings is 1. The molecule has 1 fully saturated rings. The van der Waals surface area contributed by atoms with Crippen molar-refractivity contribution in [3.8, 4) is 5.75 Å². The third-order valence-corrected chi connectivity index (χ3v) is 4.71. The average molecular weight is 393 g/mol. The largest absolute Gasteiger partial charge is 0.484 e. The molecular formula is C19H25ClN4O3. The van der Waals surface area contributed by atoms with Crippen LogP contribution in [-0.4, -0.2) is 72.0 Å². The minimum Gasteiger partial charge on any atom is -0.484 e. The van der Waals surface area contributed by atoms with Crippen molar-refractivity contribution in [3.63, 3.8) is 0 Å². The van der Waals surface area contributed by atoms with E-state index in [1.165, 1.54) is 0 Å². The number of halogens is 1. The van der Waals surface area contributed by atoms with Crippen molar-refractivity contribution in [1.82, 2.24) is 19.6 Å². The van der Waals surface area contributed by atoms with Gasteiger partial charge in [-0.3, -0.25) is 9.48 Å². The molecular weight excluding hydrogens is 368 g/mol. The van der Waals surface area contributed by atoms with Crippen LogP contribution < -0.4 is 4.74 Å². The fourth-order valence-corrected chi connectivity index (χ4v) is 3.40. The zero-order chi connectivity index (χ0) is 19.4. The highest BCUT2D eigenvalue weighted by atomic mass is 35.5. The van der Waals surface area contributed by atoms with Gasteiger partial charge in [0.25, 0.3) is 5.91 Å². The lowest BCUT2D eigenvalue weighted by atomic mass is 10.0. The first-order chi connectivity index (χ1) is 12.9. The summed E-state index contributed by atoms with van der Waals surface area (Å²) in [5.74, 6) is 0.537. The predicted octanol–water partition coefficient (Wildman–Crippen LogP) is 1.98. The highest BCUT2D eigenvalue weighted by molar-refractivity contribution is 6.30. The molecule has 27 heavy (non-hydrogen) atoms. The maximum absolute atomic E-state index is 12.9. The van der Waals surface area contributed by atoms with E-state index in [0.29, 0.717) is 30.5 Å². The highest BCUT2D eigenvalue weighted by Crippen LogP contribution is 2.30. The number of benzene rings is 1. The lowest BCUT2D eigenvalue weighted by Gasteiger charge is -2.41. The van der Waals surface area contributed by atoms with E-state index in [9.17, 15) is 4.79 Å². The number of likely N-dealkylation sites (N-methyl/N-ethyl adjacent to an activating group) is 1. The van der Waals surface area contributed by atoms with Gasteiger partial charge in [0.15, 0.2) is 6.61 Å². The zero-order valence-corrected chi connectivity index (χ0v) is 16.6. The maximum Gasteiger partial charge on any atom is 0.261 e. The number of nitrogens with zero attached hydrogens (tertiary/aromatic N) is 4. The van der Waals surface area contributed by atoms with Crippen LogP contribution >= 0.6 is 11.6 Å². The number of hydrogen-bond donors (Lipinski definition) is 0. The Labute approximate surface area is 164 Å². The molecule has 1 aromatic carbocycles. The highest BCUT2D eigenvalue weighted by Gasteiger charge is 2.37. The van der Waals surface area contributed by atoms with Crippen LogP contribution in [0.5, 0.6) is 5.75 Å². The van der Waals surface area contributed by atoms with Crippen LogP contribution in [0.1, 0.15) is 11.6 Å². The first kappa shape index (κ1) is 19.7. The normalized spacial score (nSPS) is 20.1. The molecule has 3 rings (SSSR count). The predicted molar refractivity (Wildman–Crippen MR) is 103 cm³/mol. The van der Waals surface area contributed by atoms with E-state index in [2.05, 4.69) is 10.00 Å². The zero-order valence-electron chi connectivity index (χ0n) is 15.8. The van der Waals surface area contributed by atoms with Crippen LogP contribution in [0, 0.1) is 0 Å². The van der Waals surface area contributed by atoms with Gasteiger partial charge in [-0.1, -0.05) is 11.6 Å². The van der Waals surface area contributed by atoms with Gasteiger partial charge in [-0.2, -0.15) is 5.10 Å². The van der Waals surface area contributed by atoms with Crippen molar-refractivity contribution < 1.29 is 14.3 Å². The van der Waals surface area contributed by atoms with Gasteiger partial charge in [-0.25, -0.2) is 0 Å². The summed E-state index contributed by atoms with van der Waals surface area (Å²) in [6, 6.07) is 6.78. The number of aryl methyl sites for hydroxylation is 1. The molecule has 0 aliphatic carbocycles. The van der Waals surface area contributed by atoms with E-state index in [-0.39, 0.29) is 24.7 Å². The van der Waals surface area contributed by atoms with Crippen molar-refractivity contribution in [2.24, 2.45) is 7.05 Å². The molecule has 7 nitrogen and oxygen atoms in total. The molecule has 0 saturated carbocycles. The van der Waals surface area contributed by atoms with Gasteiger partial charge in [0, 0.05) is 36.9 Å². The fraction of sp³-hybridized carbons (Fsp3) is 0.474. The van der Waals surface area contributed by atoms with Crippen LogP contribution in [-0.2, 0) is 16.6 Å². The van der Waals surface area contributed by atoms with Crippen LogP contribution in [0.15, 0.2) is 36.7 Å². The first-order valence-electron chi connectivity index (χ1n) is 8.87. The Morgan fingerprint density at radius 1 is 1.37 bits per heavy atom. The van der Waals surface area contributed by atoms with E-state index in [0.717, 1.165) is 5.56 Å². The summed E-state index contributed by atoms with van der Waals surface area (Å²) in [5.41, 5.74) is 0.962. The van der Waals surface area contributed by atoms with E-state index in [4.69, 9.17) is 21.1 Å². The Morgan fingerprint density at radius 3 is 2.74 bits per heavy atom. The minimum atomic E-state index is -0.198. The number of hydrogen-bond acceptors (Lipinski definition) is 5. The summed E-state index contributed by atoms with van der Waals surface area (Å²) in [4.78, 5) is 16.8. The van der Waals surface area contributed by atoms with Crippen LogP contribution in [0.4, 0.5) is 0 Å². The molecule has 146 valence electrons. The second-order valence-corrected chi connectivity index (χ2v) is 7.33. The SMILES string of the molecule is CN(C)C[C@@H]1OCCN(C(=O)COc2ccc(Cl)cc2)[C@H]1c1cnn(C)c1. The molecule has 2 heterocycles. The van der Waals surface area contributed by atoms with E-state index in [1.54, 1.807) is 35.1 Å². The van der Waals surface area contributed by atoms with Crippen LogP contribution in [0.25, 0.3) is 0 Å². The number of rotatable bonds is 6. The van der Waals surface area contributed by atoms with E-state index < -0.39 is 0 Å². The summed E-state index contributed by atoms with van der Waals surface area (Å²) >= 11 is 5.89. The molecule has 2 atom stereocenters. The summed E-state index contributed by atoms with van der Waals surface area (Å²) in [7, 11) is 5.85. The Bertz CT molecular complexity index is 763. The van der Waals surface area contributed by atoms with Crippen molar-refractivity contribution >= 4 is 17.5 Å². The molecule has 1 saturated heterocycles. The molecule has 0 spiro atoms. The van der Waals surface area contributed by atoms with Crippen LogP contribution in [0.3, 0.4) is 0 Å². The molecule has 1 amide bonds. The Morgan fingerprint density at radius 2 is 2.11 bits per heavy atom. The third kappa shape index (κ3) is 5.00. The Balaban J connectivity index is 1.75. The molecule has 0 bridgehead atoms. The average Bonchev–Trinajstić information content (AvgIpc) is 3.06. The van der Waals surface area contributed by atoms with E-state index >= 15 is 0 Å². The summed E-state index contributed by atoms with van der Waals surface area (Å²) < 4.78 is 13.4. The van der Waals surface area contributed by atoms with E-state index in [1.807, 2.05) is 32.2 Å². The molecule has 0 N–H and O–H groups in total. The minimum absolute atomic E-state index is 0.0346. The summed E-state index contributed by atoms with van der Waals surface area (Å²) in [6.07, 6.45) is 3.60. The van der Waals surface area contributed by atoms with Gasteiger partial charge >= 0.3 is 0 Å². The van der Waals surface area contributed by atoms with Crippen LogP contribution in [0.2, 0.25) is 5.02 Å². The van der Waals surface area contributed by atoms with Gasteiger partial charge in [-0.15, -0.1) is 0 Å². The monoisotopic (exact) mass is 392 g/mol. The fourth-order valence-electron chi connectivity index (χ4n) is 3.27. The van der Waals surface area contributed by atoms with Crippen molar-refractivity contribution in [3.05, 3.63) is 47.2 Å². The standard InChI is InChI=1S/C19H25ClN4O3/c1-22(2)12-17-19(14-10-21-23(3)11-14)24(8-9-26-17)18(25)13-27-16-6-4-15(20)5-7-16/h4-7,10-11,17,19H,8-9,12-13H2,1-3H3/t17-,19-/m0/s1. The van der Waals surface area contributed by atoms with Crippen molar-refractivity contribution in [2.45, 2.75) is 12.1 Å².